The molecule has 0 saturated carbocycles. The van der Waals surface area contributed by atoms with Crippen LogP contribution < -0.4 is 14.5 Å². The first-order chi connectivity index (χ1) is 13.4. The molecular formula is C20H21N3O4S. The highest BCUT2D eigenvalue weighted by molar-refractivity contribution is 7.94. The lowest BCUT2D eigenvalue weighted by Gasteiger charge is -2.18. The van der Waals surface area contributed by atoms with Gasteiger partial charge in [-0.2, -0.15) is 0 Å². The van der Waals surface area contributed by atoms with Gasteiger partial charge in [0.1, 0.15) is 0 Å². The topological polar surface area (TPSA) is 86.8 Å². The van der Waals surface area contributed by atoms with Crippen LogP contribution in [0.25, 0.3) is 0 Å². The van der Waals surface area contributed by atoms with E-state index in [0.29, 0.717) is 11.3 Å². The molecule has 0 spiro atoms. The monoisotopic (exact) mass is 399 g/mol. The molecule has 2 saturated heterocycles. The molecule has 2 aliphatic rings. The second-order valence-electron chi connectivity index (χ2n) is 6.97. The molecule has 28 heavy (non-hydrogen) atoms. The van der Waals surface area contributed by atoms with Crippen LogP contribution in [-0.4, -0.2) is 39.1 Å². The van der Waals surface area contributed by atoms with Gasteiger partial charge in [-0.1, -0.05) is 12.1 Å². The smallest absolute Gasteiger partial charge is 0.255 e. The van der Waals surface area contributed by atoms with Gasteiger partial charge in [-0.05, 0) is 49.2 Å². The van der Waals surface area contributed by atoms with Crippen LogP contribution in [0.1, 0.15) is 29.6 Å². The molecule has 146 valence electrons. The molecule has 0 aliphatic carbocycles. The summed E-state index contributed by atoms with van der Waals surface area (Å²) in [5.74, 6) is -1.04. The van der Waals surface area contributed by atoms with Crippen molar-refractivity contribution in [3.8, 4) is 0 Å². The van der Waals surface area contributed by atoms with Crippen LogP contribution in [0.5, 0.6) is 0 Å². The van der Waals surface area contributed by atoms with Crippen molar-refractivity contribution in [1.82, 2.24) is 0 Å². The number of carbonyl (C=O) groups excluding carboxylic acids is 2. The third-order valence-corrected chi connectivity index (χ3v) is 6.69. The molecular weight excluding hydrogens is 378 g/mol. The lowest BCUT2D eigenvalue weighted by molar-refractivity contribution is -0.116. The van der Waals surface area contributed by atoms with E-state index in [2.05, 4.69) is 10.2 Å². The molecule has 2 aromatic carbocycles. The van der Waals surface area contributed by atoms with Gasteiger partial charge >= 0.3 is 0 Å². The maximum Gasteiger partial charge on any atom is 0.255 e. The minimum atomic E-state index is -3.66. The average Bonchev–Trinajstić information content (AvgIpc) is 3.30. The van der Waals surface area contributed by atoms with Gasteiger partial charge < -0.3 is 10.2 Å². The summed E-state index contributed by atoms with van der Waals surface area (Å²) in [6, 6.07) is 13.8. The van der Waals surface area contributed by atoms with E-state index in [-0.39, 0.29) is 23.8 Å². The Labute approximate surface area is 164 Å². The van der Waals surface area contributed by atoms with Crippen LogP contribution in [0.3, 0.4) is 0 Å². The summed E-state index contributed by atoms with van der Waals surface area (Å²) in [5.41, 5.74) is 2.22. The first kappa shape index (κ1) is 18.5. The zero-order chi connectivity index (χ0) is 19.7. The molecule has 0 atom stereocenters. The van der Waals surface area contributed by atoms with Crippen molar-refractivity contribution >= 4 is 38.9 Å². The predicted molar refractivity (Wildman–Crippen MR) is 108 cm³/mol. The van der Waals surface area contributed by atoms with E-state index in [1.807, 2.05) is 24.3 Å². The first-order valence-corrected chi connectivity index (χ1v) is 10.9. The Morgan fingerprint density at radius 2 is 1.68 bits per heavy atom. The fourth-order valence-electron chi connectivity index (χ4n) is 3.60. The zero-order valence-electron chi connectivity index (χ0n) is 15.3. The molecule has 0 aromatic heterocycles. The van der Waals surface area contributed by atoms with Gasteiger partial charge in [-0.25, -0.2) is 12.7 Å². The molecule has 0 bridgehead atoms. The molecule has 2 amide bonds. The normalized spacial score (nSPS) is 18.5. The molecule has 2 aliphatic heterocycles. The van der Waals surface area contributed by atoms with E-state index in [1.54, 1.807) is 12.1 Å². The lowest BCUT2D eigenvalue weighted by atomic mass is 10.1. The summed E-state index contributed by atoms with van der Waals surface area (Å²) < 4.78 is 25.0. The number of amides is 2. The van der Waals surface area contributed by atoms with Gasteiger partial charge in [0.2, 0.25) is 15.9 Å². The minimum Gasteiger partial charge on any atom is -0.371 e. The molecule has 1 N–H and O–H groups in total. The van der Waals surface area contributed by atoms with E-state index < -0.39 is 15.9 Å². The molecule has 0 radical (unpaired) electrons. The van der Waals surface area contributed by atoms with Gasteiger partial charge in [-0.3, -0.25) is 9.59 Å². The third-order valence-electron chi connectivity index (χ3n) is 5.00. The number of benzene rings is 2. The number of rotatable bonds is 4. The number of anilines is 3. The van der Waals surface area contributed by atoms with Crippen molar-refractivity contribution in [2.24, 2.45) is 0 Å². The number of nitrogens with zero attached hydrogens (tertiary/aromatic N) is 2. The average molecular weight is 399 g/mol. The second-order valence-corrected chi connectivity index (χ2v) is 8.91. The third kappa shape index (κ3) is 3.60. The molecule has 2 fully saturated rings. The van der Waals surface area contributed by atoms with Gasteiger partial charge in [0.15, 0.2) is 0 Å². The van der Waals surface area contributed by atoms with Crippen LogP contribution in [-0.2, 0) is 14.8 Å². The Morgan fingerprint density at radius 1 is 0.964 bits per heavy atom. The summed E-state index contributed by atoms with van der Waals surface area (Å²) in [7, 11) is -3.66. The molecule has 2 heterocycles. The summed E-state index contributed by atoms with van der Waals surface area (Å²) >= 11 is 0. The van der Waals surface area contributed by atoms with Crippen molar-refractivity contribution in [3.05, 3.63) is 54.1 Å². The summed E-state index contributed by atoms with van der Waals surface area (Å²) in [6.07, 6.45) is 2.30. The van der Waals surface area contributed by atoms with Crippen molar-refractivity contribution < 1.29 is 18.0 Å². The Balaban J connectivity index is 1.55. The van der Waals surface area contributed by atoms with Gasteiger partial charge in [0.05, 0.1) is 11.4 Å². The Hall–Kier alpha value is -2.87. The Morgan fingerprint density at radius 3 is 2.39 bits per heavy atom. The van der Waals surface area contributed by atoms with Gasteiger partial charge in [0.25, 0.3) is 5.91 Å². The van der Waals surface area contributed by atoms with E-state index in [9.17, 15) is 18.0 Å². The minimum absolute atomic E-state index is 0.0396. The van der Waals surface area contributed by atoms with Crippen LogP contribution in [0, 0.1) is 0 Å². The molecule has 4 rings (SSSR count). The maximum atomic E-state index is 12.7. The van der Waals surface area contributed by atoms with Crippen LogP contribution in [0.4, 0.5) is 17.1 Å². The summed E-state index contributed by atoms with van der Waals surface area (Å²) in [4.78, 5) is 26.9. The lowest BCUT2D eigenvalue weighted by Crippen LogP contribution is -2.29. The fraction of sp³-hybridized carbons (Fsp3) is 0.300. The quantitative estimate of drug-likeness (QED) is 0.854. The van der Waals surface area contributed by atoms with Crippen molar-refractivity contribution in [2.45, 2.75) is 19.3 Å². The van der Waals surface area contributed by atoms with Crippen molar-refractivity contribution in [1.29, 1.82) is 0 Å². The Bertz CT molecular complexity index is 1030. The largest absolute Gasteiger partial charge is 0.371 e. The first-order valence-electron chi connectivity index (χ1n) is 9.26. The van der Waals surface area contributed by atoms with Crippen molar-refractivity contribution in [3.63, 3.8) is 0 Å². The predicted octanol–water partition coefficient (Wildman–Crippen LogP) is 2.61. The summed E-state index contributed by atoms with van der Waals surface area (Å²) in [5, 5.41) is 2.85. The van der Waals surface area contributed by atoms with Crippen LogP contribution in [0.2, 0.25) is 0 Å². The molecule has 2 aromatic rings. The molecule has 7 nitrogen and oxygen atoms in total. The number of hydrogen-bond donors (Lipinski definition) is 1. The fourth-order valence-corrected chi connectivity index (χ4v) is 5.05. The zero-order valence-corrected chi connectivity index (χ0v) is 16.1. The second kappa shape index (κ2) is 7.27. The van der Waals surface area contributed by atoms with Crippen LogP contribution >= 0.6 is 0 Å². The van der Waals surface area contributed by atoms with E-state index in [4.69, 9.17) is 0 Å². The SMILES string of the molecule is O=C(Nc1cccc(N2CCCC2)c1)c1cccc(N2C(=O)CCS2(=O)=O)c1. The number of nitrogens with one attached hydrogen (secondary N) is 1. The van der Waals surface area contributed by atoms with E-state index in [1.165, 1.54) is 25.0 Å². The molecule has 0 unspecified atom stereocenters. The highest BCUT2D eigenvalue weighted by atomic mass is 32.2. The highest BCUT2D eigenvalue weighted by Gasteiger charge is 2.36. The van der Waals surface area contributed by atoms with Crippen molar-refractivity contribution in [2.75, 3.05) is 33.4 Å². The highest BCUT2D eigenvalue weighted by Crippen LogP contribution is 2.27. The maximum absolute atomic E-state index is 12.7. The van der Waals surface area contributed by atoms with Gasteiger partial charge in [0, 0.05) is 36.4 Å². The standard InChI is InChI=1S/C20H21N3O4S/c24-19-9-12-28(26,27)23(19)18-8-3-5-15(13-18)20(25)21-16-6-4-7-17(14-16)22-10-1-2-11-22/h3-8,13-14H,1-2,9-12H2,(H,21,25). The van der Waals surface area contributed by atoms with Crippen LogP contribution in [0.15, 0.2) is 48.5 Å². The molecule has 8 heteroatoms. The number of hydrogen-bond acceptors (Lipinski definition) is 5. The number of carbonyl (C=O) groups is 2. The van der Waals surface area contributed by atoms with E-state index >= 15 is 0 Å². The van der Waals surface area contributed by atoms with Gasteiger partial charge in [-0.15, -0.1) is 0 Å². The Kier molecular flexibility index (Phi) is 4.80. The number of sulfonamides is 1. The summed E-state index contributed by atoms with van der Waals surface area (Å²) in [6.45, 7) is 2.02. The van der Waals surface area contributed by atoms with E-state index in [0.717, 1.165) is 23.1 Å².